The second-order valence-electron chi connectivity index (χ2n) is 6.97. The van der Waals surface area contributed by atoms with Crippen LogP contribution < -0.4 is 9.80 Å². The van der Waals surface area contributed by atoms with Gasteiger partial charge in [-0.25, -0.2) is 9.97 Å². The molecule has 0 aromatic carbocycles. The van der Waals surface area contributed by atoms with Gasteiger partial charge in [0.25, 0.3) is 5.95 Å². The first-order chi connectivity index (χ1) is 11.4. The van der Waals surface area contributed by atoms with Crippen LogP contribution in [0.5, 0.6) is 0 Å². The minimum Gasteiger partial charge on any atom is -0.356 e. The van der Waals surface area contributed by atoms with Gasteiger partial charge in [0.2, 0.25) is 5.89 Å². The number of rotatable bonds is 4. The molecule has 2 aromatic heterocycles. The van der Waals surface area contributed by atoms with E-state index in [1.807, 2.05) is 25.9 Å². The molecule has 130 valence electrons. The van der Waals surface area contributed by atoms with Gasteiger partial charge < -0.3 is 14.3 Å². The molecule has 0 bridgehead atoms. The van der Waals surface area contributed by atoms with Crippen LogP contribution in [-0.2, 0) is 0 Å². The third-order valence-electron chi connectivity index (χ3n) is 4.37. The van der Waals surface area contributed by atoms with Gasteiger partial charge in [0.05, 0.1) is 0 Å². The lowest BCUT2D eigenvalue weighted by Gasteiger charge is -2.31. The first-order valence-corrected chi connectivity index (χ1v) is 8.55. The molecule has 0 unspecified atom stereocenters. The molecule has 24 heavy (non-hydrogen) atoms. The molecule has 2 aromatic rings. The number of anilines is 2. The predicted molar refractivity (Wildman–Crippen MR) is 93.7 cm³/mol. The third kappa shape index (κ3) is 3.49. The van der Waals surface area contributed by atoms with Crippen molar-refractivity contribution in [2.75, 3.05) is 37.0 Å². The second-order valence-corrected chi connectivity index (χ2v) is 6.97. The first-order valence-electron chi connectivity index (χ1n) is 8.55. The van der Waals surface area contributed by atoms with Crippen LogP contribution in [0.3, 0.4) is 0 Å². The van der Waals surface area contributed by atoms with Crippen LogP contribution >= 0.6 is 0 Å². The van der Waals surface area contributed by atoms with Crippen LogP contribution in [0.4, 0.5) is 11.8 Å². The fourth-order valence-electron chi connectivity index (χ4n) is 2.92. The lowest BCUT2D eigenvalue weighted by Crippen LogP contribution is -2.34. The van der Waals surface area contributed by atoms with E-state index < -0.39 is 0 Å². The van der Waals surface area contributed by atoms with Gasteiger partial charge in [-0.2, -0.15) is 4.98 Å². The van der Waals surface area contributed by atoms with Crippen molar-refractivity contribution in [3.8, 4) is 0 Å². The molecular formula is C17H26N6O. The molecule has 3 rings (SSSR count). The molecule has 3 heterocycles. The largest absolute Gasteiger partial charge is 0.356 e. The fourth-order valence-corrected chi connectivity index (χ4v) is 2.92. The van der Waals surface area contributed by atoms with Gasteiger partial charge in [0.15, 0.2) is 0 Å². The maximum Gasteiger partial charge on any atom is 0.265 e. The number of hydrogen-bond acceptors (Lipinski definition) is 7. The Morgan fingerprint density at radius 1 is 1.17 bits per heavy atom. The Morgan fingerprint density at radius 3 is 2.46 bits per heavy atom. The van der Waals surface area contributed by atoms with Gasteiger partial charge in [-0.15, -0.1) is 0 Å². The summed E-state index contributed by atoms with van der Waals surface area (Å²) in [4.78, 5) is 18.0. The molecule has 0 radical (unpaired) electrons. The summed E-state index contributed by atoms with van der Waals surface area (Å²) >= 11 is 0. The van der Waals surface area contributed by atoms with Crippen molar-refractivity contribution in [1.82, 2.24) is 20.1 Å². The van der Waals surface area contributed by atoms with E-state index in [1.165, 1.54) is 0 Å². The summed E-state index contributed by atoms with van der Waals surface area (Å²) in [6, 6.07) is 2.07. The van der Waals surface area contributed by atoms with E-state index in [4.69, 9.17) is 9.51 Å². The Balaban J connectivity index is 1.68. The summed E-state index contributed by atoms with van der Waals surface area (Å²) in [5, 5.41) is 4.02. The number of aromatic nitrogens is 4. The Morgan fingerprint density at radius 2 is 1.88 bits per heavy atom. The monoisotopic (exact) mass is 330 g/mol. The van der Waals surface area contributed by atoms with E-state index >= 15 is 0 Å². The molecule has 0 N–H and O–H groups in total. The Kier molecular flexibility index (Phi) is 4.69. The highest BCUT2D eigenvalue weighted by molar-refractivity contribution is 5.40. The van der Waals surface area contributed by atoms with E-state index in [0.29, 0.717) is 17.8 Å². The van der Waals surface area contributed by atoms with Gasteiger partial charge >= 0.3 is 0 Å². The lowest BCUT2D eigenvalue weighted by atomic mass is 9.97. The van der Waals surface area contributed by atoms with Crippen LogP contribution in [0, 0.1) is 6.92 Å². The number of piperidine rings is 1. The predicted octanol–water partition coefficient (Wildman–Crippen LogP) is 2.74. The van der Waals surface area contributed by atoms with Crippen molar-refractivity contribution in [2.24, 2.45) is 0 Å². The minimum atomic E-state index is 0.329. The maximum atomic E-state index is 5.43. The maximum absolute atomic E-state index is 5.43. The molecule has 1 aliphatic rings. The first kappa shape index (κ1) is 16.7. The molecule has 1 fully saturated rings. The highest BCUT2D eigenvalue weighted by Crippen LogP contribution is 2.30. The lowest BCUT2D eigenvalue weighted by molar-refractivity contribution is 0.329. The fraction of sp³-hybridized carbons (Fsp3) is 0.647. The second kappa shape index (κ2) is 6.75. The minimum absolute atomic E-state index is 0.329. The Labute approximate surface area is 143 Å². The van der Waals surface area contributed by atoms with Gasteiger partial charge in [-0.3, -0.25) is 0 Å². The molecule has 0 aliphatic carbocycles. The topological polar surface area (TPSA) is 71.2 Å². The highest BCUT2D eigenvalue weighted by atomic mass is 16.5. The summed E-state index contributed by atoms with van der Waals surface area (Å²) in [6.07, 6.45) is 1.99. The van der Waals surface area contributed by atoms with Crippen molar-refractivity contribution in [3.05, 3.63) is 23.5 Å². The zero-order valence-corrected chi connectivity index (χ0v) is 15.2. The molecule has 7 nitrogen and oxygen atoms in total. The van der Waals surface area contributed by atoms with Gasteiger partial charge in [0, 0.05) is 50.8 Å². The molecule has 7 heteroatoms. The van der Waals surface area contributed by atoms with Crippen LogP contribution in [0.25, 0.3) is 0 Å². The van der Waals surface area contributed by atoms with Crippen LogP contribution in [0.2, 0.25) is 0 Å². The summed E-state index contributed by atoms with van der Waals surface area (Å²) in [5.41, 5.74) is 1.03. The van der Waals surface area contributed by atoms with Crippen LogP contribution in [0.1, 0.15) is 55.9 Å². The molecular weight excluding hydrogens is 304 g/mol. The zero-order valence-electron chi connectivity index (χ0n) is 15.2. The van der Waals surface area contributed by atoms with E-state index in [1.54, 1.807) is 0 Å². The molecule has 0 amide bonds. The molecule has 1 saturated heterocycles. The van der Waals surface area contributed by atoms with E-state index in [-0.39, 0.29) is 0 Å². The molecule has 0 atom stereocenters. The SMILES string of the molecule is Cc1cc(N2CCC(c3nc(N(C)C)no3)CC2)nc(C(C)C)n1. The molecule has 0 spiro atoms. The summed E-state index contributed by atoms with van der Waals surface area (Å²) < 4.78 is 5.43. The van der Waals surface area contributed by atoms with Gasteiger partial charge in [-0.05, 0) is 24.9 Å². The van der Waals surface area contributed by atoms with Crippen molar-refractivity contribution in [3.63, 3.8) is 0 Å². The average molecular weight is 330 g/mol. The smallest absolute Gasteiger partial charge is 0.265 e. The van der Waals surface area contributed by atoms with Gasteiger partial charge in [-0.1, -0.05) is 13.8 Å². The van der Waals surface area contributed by atoms with E-state index in [9.17, 15) is 0 Å². The molecule has 1 aliphatic heterocycles. The standard InChI is InChI=1S/C17H26N6O/c1-11(2)15-18-12(3)10-14(19-15)23-8-6-13(7-9-23)16-20-17(21-24-16)22(4)5/h10-11,13H,6-9H2,1-5H3. The Hall–Kier alpha value is -2.18. The number of aryl methyl sites for hydroxylation is 1. The summed E-state index contributed by atoms with van der Waals surface area (Å²) in [7, 11) is 3.84. The highest BCUT2D eigenvalue weighted by Gasteiger charge is 2.26. The zero-order chi connectivity index (χ0) is 17.3. The quantitative estimate of drug-likeness (QED) is 0.853. The normalized spacial score (nSPS) is 16.0. The summed E-state index contributed by atoms with van der Waals surface area (Å²) in [5.74, 6) is 4.00. The van der Waals surface area contributed by atoms with Crippen molar-refractivity contribution in [1.29, 1.82) is 0 Å². The van der Waals surface area contributed by atoms with Crippen molar-refractivity contribution in [2.45, 2.75) is 45.4 Å². The average Bonchev–Trinajstić information content (AvgIpc) is 3.04. The van der Waals surface area contributed by atoms with Crippen molar-refractivity contribution < 1.29 is 4.52 Å². The molecule has 0 saturated carbocycles. The van der Waals surface area contributed by atoms with Crippen LogP contribution in [-0.4, -0.2) is 47.3 Å². The van der Waals surface area contributed by atoms with Gasteiger partial charge in [0.1, 0.15) is 11.6 Å². The number of nitrogens with zero attached hydrogens (tertiary/aromatic N) is 6. The Bertz CT molecular complexity index is 688. The summed E-state index contributed by atoms with van der Waals surface area (Å²) in [6.45, 7) is 8.17. The third-order valence-corrected chi connectivity index (χ3v) is 4.37. The van der Waals surface area contributed by atoms with Crippen molar-refractivity contribution >= 4 is 11.8 Å². The van der Waals surface area contributed by atoms with E-state index in [0.717, 1.165) is 49.2 Å². The van der Waals surface area contributed by atoms with E-state index in [2.05, 4.69) is 39.9 Å². The van der Waals surface area contributed by atoms with Crippen LogP contribution in [0.15, 0.2) is 10.6 Å². The number of hydrogen-bond donors (Lipinski definition) is 0.